The second-order valence-corrected chi connectivity index (χ2v) is 7.62. The van der Waals surface area contributed by atoms with Crippen LogP contribution in [0.2, 0.25) is 0 Å². The van der Waals surface area contributed by atoms with Crippen LogP contribution in [0.5, 0.6) is 5.75 Å². The van der Waals surface area contributed by atoms with Gasteiger partial charge in [-0.2, -0.15) is 13.9 Å². The highest BCUT2D eigenvalue weighted by atomic mass is 32.1. The number of alkyl halides is 2. The van der Waals surface area contributed by atoms with Crippen molar-refractivity contribution in [2.24, 2.45) is 0 Å². The molecule has 0 radical (unpaired) electrons. The van der Waals surface area contributed by atoms with Crippen LogP contribution in [0.15, 0.2) is 18.2 Å². The van der Waals surface area contributed by atoms with E-state index in [1.54, 1.807) is 13.0 Å². The number of anilines is 2. The van der Waals surface area contributed by atoms with E-state index in [1.165, 1.54) is 26.0 Å². The minimum Gasteiger partial charge on any atom is -0.433 e. The molecule has 13 heteroatoms. The standard InChI is InChI=1S/C21H17F7N4OS/c1-8-4-5-12(13(6-8)33-20(27)28)29-21(34)30-19-9(2)31-32(10(19)3)7-11-14(22)16(24)18(26)17(25)15(11)23/h4-6,20H,7H2,1-3H3,(H2,29,30,34). The average Bonchev–Trinajstić information content (AvgIpc) is 3.02. The summed E-state index contributed by atoms with van der Waals surface area (Å²) >= 11 is 5.21. The topological polar surface area (TPSA) is 51.1 Å². The lowest BCUT2D eigenvalue weighted by atomic mass is 10.1. The van der Waals surface area contributed by atoms with Crippen LogP contribution in [0, 0.1) is 49.9 Å². The number of ether oxygens (including phenoxy) is 1. The number of nitrogens with zero attached hydrogens (tertiary/aromatic N) is 2. The summed E-state index contributed by atoms with van der Waals surface area (Å²) in [7, 11) is 0. The van der Waals surface area contributed by atoms with E-state index in [0.717, 1.165) is 4.68 Å². The van der Waals surface area contributed by atoms with Gasteiger partial charge in [0.25, 0.3) is 0 Å². The molecule has 0 spiro atoms. The number of hydrogen-bond acceptors (Lipinski definition) is 3. The second kappa shape index (κ2) is 9.87. The zero-order chi connectivity index (χ0) is 25.3. The molecule has 0 saturated carbocycles. The number of halogens is 7. The van der Waals surface area contributed by atoms with Gasteiger partial charge in [0.1, 0.15) is 5.75 Å². The fourth-order valence-electron chi connectivity index (χ4n) is 3.16. The lowest BCUT2D eigenvalue weighted by Gasteiger charge is -2.15. The van der Waals surface area contributed by atoms with Crippen molar-refractivity contribution in [1.29, 1.82) is 0 Å². The highest BCUT2D eigenvalue weighted by molar-refractivity contribution is 7.80. The lowest BCUT2D eigenvalue weighted by molar-refractivity contribution is -0.0493. The van der Waals surface area contributed by atoms with Gasteiger partial charge in [-0.3, -0.25) is 4.68 Å². The van der Waals surface area contributed by atoms with Crippen LogP contribution in [-0.2, 0) is 6.54 Å². The predicted octanol–water partition coefficient (Wildman–Crippen LogP) is 5.96. The van der Waals surface area contributed by atoms with E-state index in [9.17, 15) is 30.7 Å². The van der Waals surface area contributed by atoms with Gasteiger partial charge in [0.2, 0.25) is 5.82 Å². The van der Waals surface area contributed by atoms with E-state index in [1.807, 2.05) is 0 Å². The van der Waals surface area contributed by atoms with E-state index in [-0.39, 0.29) is 27.9 Å². The summed E-state index contributed by atoms with van der Waals surface area (Å²) < 4.78 is 99.4. The molecule has 3 rings (SSSR count). The number of aromatic nitrogens is 2. The Labute approximate surface area is 194 Å². The molecule has 0 aliphatic carbocycles. The van der Waals surface area contributed by atoms with Crippen molar-refractivity contribution in [3.8, 4) is 5.75 Å². The molecule has 2 N–H and O–H groups in total. The summed E-state index contributed by atoms with van der Waals surface area (Å²) in [5.41, 5.74) is 0.596. The minimum absolute atomic E-state index is 0.0510. The van der Waals surface area contributed by atoms with Gasteiger partial charge >= 0.3 is 6.61 Å². The van der Waals surface area contributed by atoms with Gasteiger partial charge < -0.3 is 15.4 Å². The zero-order valence-electron chi connectivity index (χ0n) is 17.9. The van der Waals surface area contributed by atoms with Crippen LogP contribution < -0.4 is 15.4 Å². The number of aryl methyl sites for hydroxylation is 2. The monoisotopic (exact) mass is 506 g/mol. The molecule has 0 bridgehead atoms. The molecule has 0 aliphatic rings. The van der Waals surface area contributed by atoms with Gasteiger partial charge in [0, 0.05) is 0 Å². The molecule has 2 aromatic carbocycles. The van der Waals surface area contributed by atoms with Crippen molar-refractivity contribution in [3.05, 3.63) is 69.8 Å². The van der Waals surface area contributed by atoms with Gasteiger partial charge in [-0.05, 0) is 50.7 Å². The quantitative estimate of drug-likeness (QED) is 0.187. The fourth-order valence-corrected chi connectivity index (χ4v) is 3.38. The van der Waals surface area contributed by atoms with Crippen molar-refractivity contribution in [2.75, 3.05) is 10.6 Å². The normalized spacial score (nSPS) is 11.1. The Bertz CT molecular complexity index is 1230. The van der Waals surface area contributed by atoms with E-state index in [4.69, 9.17) is 12.2 Å². The number of nitrogens with one attached hydrogen (secondary N) is 2. The fraction of sp³-hybridized carbons (Fsp3) is 0.238. The van der Waals surface area contributed by atoms with Gasteiger partial charge in [-0.1, -0.05) is 6.07 Å². The summed E-state index contributed by atoms with van der Waals surface area (Å²) in [6, 6.07) is 4.50. The Kier molecular flexibility index (Phi) is 7.34. The predicted molar refractivity (Wildman–Crippen MR) is 115 cm³/mol. The molecule has 1 aromatic heterocycles. The van der Waals surface area contributed by atoms with Crippen molar-refractivity contribution in [3.63, 3.8) is 0 Å². The van der Waals surface area contributed by atoms with Gasteiger partial charge in [0.15, 0.2) is 28.4 Å². The maximum Gasteiger partial charge on any atom is 0.387 e. The Morgan fingerprint density at radius 3 is 2.15 bits per heavy atom. The maximum absolute atomic E-state index is 14.1. The number of hydrogen-bond donors (Lipinski definition) is 2. The third-order valence-electron chi connectivity index (χ3n) is 4.83. The molecule has 0 saturated heterocycles. The molecule has 0 atom stereocenters. The molecule has 0 unspecified atom stereocenters. The third-order valence-corrected chi connectivity index (χ3v) is 5.03. The molecule has 3 aromatic rings. The molecule has 34 heavy (non-hydrogen) atoms. The van der Waals surface area contributed by atoms with Crippen molar-refractivity contribution < 1.29 is 35.5 Å². The first-order chi connectivity index (χ1) is 15.9. The minimum atomic E-state index is -3.06. The van der Waals surface area contributed by atoms with E-state index in [2.05, 4.69) is 20.5 Å². The first-order valence-corrected chi connectivity index (χ1v) is 9.99. The average molecular weight is 506 g/mol. The van der Waals surface area contributed by atoms with Crippen molar-refractivity contribution in [1.82, 2.24) is 9.78 Å². The Hall–Kier alpha value is -3.35. The molecule has 5 nitrogen and oxygen atoms in total. The largest absolute Gasteiger partial charge is 0.433 e. The summed E-state index contributed by atoms with van der Waals surface area (Å²) in [5.74, 6) is -10.4. The van der Waals surface area contributed by atoms with E-state index < -0.39 is 47.8 Å². The van der Waals surface area contributed by atoms with Gasteiger partial charge in [0.05, 0.1) is 34.9 Å². The van der Waals surface area contributed by atoms with Crippen LogP contribution in [0.3, 0.4) is 0 Å². The molecule has 1 heterocycles. The highest BCUT2D eigenvalue weighted by Gasteiger charge is 2.27. The van der Waals surface area contributed by atoms with Gasteiger partial charge in [-0.15, -0.1) is 0 Å². The van der Waals surface area contributed by atoms with Crippen LogP contribution >= 0.6 is 12.2 Å². The molecular weight excluding hydrogens is 489 g/mol. The molecule has 0 aliphatic heterocycles. The highest BCUT2D eigenvalue weighted by Crippen LogP contribution is 2.29. The molecular formula is C21H17F7N4OS. The molecule has 0 fully saturated rings. The lowest BCUT2D eigenvalue weighted by Crippen LogP contribution is -2.21. The Balaban J connectivity index is 1.85. The zero-order valence-corrected chi connectivity index (χ0v) is 18.7. The first-order valence-electron chi connectivity index (χ1n) is 9.58. The van der Waals surface area contributed by atoms with E-state index in [0.29, 0.717) is 11.3 Å². The summed E-state index contributed by atoms with van der Waals surface area (Å²) in [5, 5.41) is 9.51. The van der Waals surface area contributed by atoms with Gasteiger partial charge in [-0.25, -0.2) is 22.0 Å². The number of thiocarbonyl (C=S) groups is 1. The van der Waals surface area contributed by atoms with Crippen molar-refractivity contribution in [2.45, 2.75) is 33.9 Å². The van der Waals surface area contributed by atoms with Crippen LogP contribution in [0.25, 0.3) is 0 Å². The maximum atomic E-state index is 14.1. The SMILES string of the molecule is Cc1ccc(NC(=S)Nc2c(C)nn(Cc3c(F)c(F)c(F)c(F)c3F)c2C)c(OC(F)F)c1. The van der Waals surface area contributed by atoms with Crippen LogP contribution in [-0.4, -0.2) is 21.5 Å². The second-order valence-electron chi connectivity index (χ2n) is 7.21. The van der Waals surface area contributed by atoms with Crippen LogP contribution in [0.4, 0.5) is 42.1 Å². The molecule has 182 valence electrons. The number of benzene rings is 2. The summed E-state index contributed by atoms with van der Waals surface area (Å²) in [6.07, 6.45) is 0. The molecule has 0 amide bonds. The number of rotatable bonds is 6. The smallest absolute Gasteiger partial charge is 0.387 e. The van der Waals surface area contributed by atoms with Crippen molar-refractivity contribution >= 4 is 28.7 Å². The van der Waals surface area contributed by atoms with E-state index >= 15 is 0 Å². The summed E-state index contributed by atoms with van der Waals surface area (Å²) in [6.45, 7) is 0.876. The Morgan fingerprint density at radius 2 is 1.56 bits per heavy atom. The van der Waals surface area contributed by atoms with Crippen LogP contribution in [0.1, 0.15) is 22.5 Å². The first kappa shape index (κ1) is 25.3. The Morgan fingerprint density at radius 1 is 0.971 bits per heavy atom. The third kappa shape index (κ3) is 5.08. The summed E-state index contributed by atoms with van der Waals surface area (Å²) in [4.78, 5) is 0.